The van der Waals surface area contributed by atoms with Gasteiger partial charge in [-0.05, 0) is 11.1 Å². The second-order valence-electron chi connectivity index (χ2n) is 5.10. The molecule has 1 aromatic rings. The van der Waals surface area contributed by atoms with Gasteiger partial charge in [-0.25, -0.2) is 4.79 Å². The van der Waals surface area contributed by atoms with Gasteiger partial charge in [0.15, 0.2) is 0 Å². The number of esters is 1. The molecule has 0 radical (unpaired) electrons. The Balaban J connectivity index is 1.97. The zero-order valence-corrected chi connectivity index (χ0v) is 12.4. The zero-order chi connectivity index (χ0) is 16.1. The van der Waals surface area contributed by atoms with Gasteiger partial charge in [0, 0.05) is 6.92 Å². The van der Waals surface area contributed by atoms with Crippen LogP contribution in [0, 0.1) is 0 Å². The molecule has 1 aliphatic heterocycles. The van der Waals surface area contributed by atoms with Gasteiger partial charge in [0.2, 0.25) is 0 Å². The number of benzene rings is 1. The molecule has 1 aromatic carbocycles. The van der Waals surface area contributed by atoms with Crippen LogP contribution in [-0.4, -0.2) is 47.4 Å². The number of carbonyl (C=O) groups is 2. The van der Waals surface area contributed by atoms with E-state index < -0.39 is 24.2 Å². The summed E-state index contributed by atoms with van der Waals surface area (Å²) in [6, 6.07) is 8.72. The van der Waals surface area contributed by atoms with Crippen LogP contribution < -0.4 is 0 Å². The van der Waals surface area contributed by atoms with Crippen LogP contribution in [0.15, 0.2) is 42.5 Å². The third-order valence-corrected chi connectivity index (χ3v) is 3.49. The van der Waals surface area contributed by atoms with Crippen molar-refractivity contribution >= 4 is 12.1 Å². The maximum atomic E-state index is 12.2. The van der Waals surface area contributed by atoms with Crippen LogP contribution in [0.1, 0.15) is 12.5 Å². The van der Waals surface area contributed by atoms with Gasteiger partial charge >= 0.3 is 12.1 Å². The second-order valence-corrected chi connectivity index (χ2v) is 5.10. The first-order valence-electron chi connectivity index (χ1n) is 6.96. The predicted molar refractivity (Wildman–Crippen MR) is 78.9 cm³/mol. The molecule has 6 nitrogen and oxygen atoms in total. The topological polar surface area (TPSA) is 76.1 Å². The van der Waals surface area contributed by atoms with Crippen molar-refractivity contribution in [2.75, 3.05) is 13.2 Å². The molecule has 1 fully saturated rings. The first-order valence-corrected chi connectivity index (χ1v) is 6.96. The van der Waals surface area contributed by atoms with Gasteiger partial charge in [-0.2, -0.15) is 0 Å². The minimum absolute atomic E-state index is 0.0360. The van der Waals surface area contributed by atoms with E-state index in [9.17, 15) is 14.7 Å². The lowest BCUT2D eigenvalue weighted by Crippen LogP contribution is -2.39. The van der Waals surface area contributed by atoms with E-state index >= 15 is 0 Å². The first kappa shape index (κ1) is 16.0. The van der Waals surface area contributed by atoms with Gasteiger partial charge in [-0.15, -0.1) is 0 Å². The van der Waals surface area contributed by atoms with Crippen LogP contribution in [-0.2, 0) is 20.9 Å². The lowest BCUT2D eigenvalue weighted by molar-refractivity contribution is -0.142. The van der Waals surface area contributed by atoms with Crippen molar-refractivity contribution in [1.82, 2.24) is 4.90 Å². The maximum Gasteiger partial charge on any atom is 0.410 e. The number of ether oxygens (including phenoxy) is 2. The molecule has 2 unspecified atom stereocenters. The normalized spacial score (nSPS) is 20.8. The Morgan fingerprint density at radius 2 is 2.00 bits per heavy atom. The molecule has 6 heteroatoms. The molecule has 0 aliphatic carbocycles. The molecule has 1 saturated heterocycles. The maximum absolute atomic E-state index is 12.2. The molecule has 22 heavy (non-hydrogen) atoms. The van der Waals surface area contributed by atoms with Gasteiger partial charge in [0.1, 0.15) is 13.2 Å². The van der Waals surface area contributed by atoms with Crippen LogP contribution in [0.3, 0.4) is 0 Å². The van der Waals surface area contributed by atoms with Gasteiger partial charge in [-0.3, -0.25) is 9.69 Å². The molecule has 118 valence electrons. The smallest absolute Gasteiger partial charge is 0.410 e. The second kappa shape index (κ2) is 7.09. The first-order chi connectivity index (χ1) is 10.5. The minimum Gasteiger partial charge on any atom is -0.463 e. The summed E-state index contributed by atoms with van der Waals surface area (Å²) < 4.78 is 10.2. The highest BCUT2D eigenvalue weighted by Gasteiger charge is 2.39. The summed E-state index contributed by atoms with van der Waals surface area (Å²) in [7, 11) is 0. The summed E-state index contributed by atoms with van der Waals surface area (Å²) in [5.74, 6) is -0.452. The molecule has 1 aliphatic rings. The summed E-state index contributed by atoms with van der Waals surface area (Å²) >= 11 is 0. The highest BCUT2D eigenvalue weighted by atomic mass is 16.6. The molecule has 2 atom stereocenters. The Morgan fingerprint density at radius 3 is 2.64 bits per heavy atom. The number of aliphatic hydroxyl groups excluding tert-OH is 1. The van der Waals surface area contributed by atoms with E-state index in [2.05, 4.69) is 6.58 Å². The zero-order valence-electron chi connectivity index (χ0n) is 12.4. The van der Waals surface area contributed by atoms with Gasteiger partial charge < -0.3 is 14.6 Å². The number of likely N-dealkylation sites (tertiary alicyclic amines) is 1. The monoisotopic (exact) mass is 305 g/mol. The molecular formula is C16H19NO5. The van der Waals surface area contributed by atoms with Crippen molar-refractivity contribution in [1.29, 1.82) is 0 Å². The van der Waals surface area contributed by atoms with Crippen molar-refractivity contribution in [3.63, 3.8) is 0 Å². The Morgan fingerprint density at radius 1 is 1.32 bits per heavy atom. The molecule has 1 N–H and O–H groups in total. The largest absolute Gasteiger partial charge is 0.463 e. The van der Waals surface area contributed by atoms with Crippen LogP contribution in [0.4, 0.5) is 4.79 Å². The molecular weight excluding hydrogens is 286 g/mol. The fourth-order valence-corrected chi connectivity index (χ4v) is 2.25. The Kier molecular flexibility index (Phi) is 5.16. The van der Waals surface area contributed by atoms with E-state index in [1.807, 2.05) is 30.3 Å². The molecule has 0 spiro atoms. The molecule has 1 heterocycles. The number of rotatable bonds is 4. The van der Waals surface area contributed by atoms with E-state index in [-0.39, 0.29) is 19.8 Å². The van der Waals surface area contributed by atoms with Crippen molar-refractivity contribution < 1.29 is 24.2 Å². The Hall–Kier alpha value is -2.34. The summed E-state index contributed by atoms with van der Waals surface area (Å²) in [6.07, 6.45) is -1.41. The predicted octanol–water partition coefficient (Wildman–Crippen LogP) is 1.49. The fourth-order valence-electron chi connectivity index (χ4n) is 2.25. The summed E-state index contributed by atoms with van der Waals surface area (Å²) in [5.41, 5.74) is 1.31. The summed E-state index contributed by atoms with van der Waals surface area (Å²) in [6.45, 7) is 5.22. The van der Waals surface area contributed by atoms with Crippen LogP contribution in [0.25, 0.3) is 0 Å². The highest BCUT2D eigenvalue weighted by Crippen LogP contribution is 2.24. The molecule has 1 amide bonds. The average Bonchev–Trinajstić information content (AvgIpc) is 2.79. The number of hydrogen-bond donors (Lipinski definition) is 1. The third-order valence-electron chi connectivity index (χ3n) is 3.49. The molecule has 2 rings (SSSR count). The van der Waals surface area contributed by atoms with Crippen molar-refractivity contribution in [3.05, 3.63) is 48.0 Å². The SMILES string of the molecule is C=C1C(O)CN(C(=O)OCc2ccccc2)C1COC(C)=O. The minimum atomic E-state index is -0.843. The van der Waals surface area contributed by atoms with Gasteiger partial charge in [0.05, 0.1) is 18.7 Å². The van der Waals surface area contributed by atoms with E-state index in [4.69, 9.17) is 9.47 Å². The van der Waals surface area contributed by atoms with Crippen molar-refractivity contribution in [3.8, 4) is 0 Å². The van der Waals surface area contributed by atoms with Crippen molar-refractivity contribution in [2.24, 2.45) is 0 Å². The summed E-state index contributed by atoms with van der Waals surface area (Å²) in [4.78, 5) is 24.4. The van der Waals surface area contributed by atoms with Crippen LogP contribution in [0.2, 0.25) is 0 Å². The fraction of sp³-hybridized carbons (Fsp3) is 0.375. The van der Waals surface area contributed by atoms with Crippen molar-refractivity contribution in [2.45, 2.75) is 25.7 Å². The number of hydrogen-bond acceptors (Lipinski definition) is 5. The lowest BCUT2D eigenvalue weighted by atomic mass is 10.1. The lowest BCUT2D eigenvalue weighted by Gasteiger charge is -2.23. The quantitative estimate of drug-likeness (QED) is 0.673. The number of β-amino-alcohol motifs (C(OH)–C–C–N with tert-alkyl or cyclic N) is 1. The number of nitrogens with zero attached hydrogens (tertiary/aromatic N) is 1. The Bertz CT molecular complexity index is 557. The summed E-state index contributed by atoms with van der Waals surface area (Å²) in [5, 5.41) is 9.85. The number of carbonyl (C=O) groups excluding carboxylic acids is 2. The van der Waals surface area contributed by atoms with E-state index in [1.165, 1.54) is 11.8 Å². The van der Waals surface area contributed by atoms with E-state index in [0.717, 1.165) is 5.56 Å². The standard InChI is InChI=1S/C16H19NO5/c1-11-14(10-21-12(2)18)17(8-15(11)19)16(20)22-9-13-6-4-3-5-7-13/h3-7,14-15,19H,1,8-10H2,2H3. The number of aliphatic hydroxyl groups is 1. The molecule has 0 aromatic heterocycles. The van der Waals surface area contributed by atoms with Gasteiger partial charge in [0.25, 0.3) is 0 Å². The van der Waals surface area contributed by atoms with Crippen LogP contribution >= 0.6 is 0 Å². The van der Waals surface area contributed by atoms with E-state index in [0.29, 0.717) is 5.57 Å². The Labute approximate surface area is 128 Å². The highest BCUT2D eigenvalue weighted by molar-refractivity contribution is 5.70. The number of amides is 1. The van der Waals surface area contributed by atoms with E-state index in [1.54, 1.807) is 0 Å². The average molecular weight is 305 g/mol. The molecule has 0 bridgehead atoms. The third kappa shape index (κ3) is 3.85. The van der Waals surface area contributed by atoms with Gasteiger partial charge in [-0.1, -0.05) is 36.9 Å². The van der Waals surface area contributed by atoms with Crippen LogP contribution in [0.5, 0.6) is 0 Å². The molecule has 0 saturated carbocycles.